The fourth-order valence-corrected chi connectivity index (χ4v) is 8.92. The summed E-state index contributed by atoms with van der Waals surface area (Å²) in [5.41, 5.74) is 14.8. The maximum atomic E-state index is 2.56. The first-order valence-electron chi connectivity index (χ1n) is 17.1. The molecule has 0 spiro atoms. The first-order chi connectivity index (χ1) is 22.8. The van der Waals surface area contributed by atoms with Crippen LogP contribution in [0.4, 0.5) is 0 Å². The Morgan fingerprint density at radius 3 is 2.20 bits per heavy atom. The van der Waals surface area contributed by atoms with Crippen LogP contribution in [0.2, 0.25) is 0 Å². The van der Waals surface area contributed by atoms with Gasteiger partial charge >= 0.3 is 0 Å². The van der Waals surface area contributed by atoms with Crippen molar-refractivity contribution in [3.8, 4) is 11.1 Å². The predicted molar refractivity (Wildman–Crippen MR) is 196 cm³/mol. The molecular weight excluding hydrogens is 553 g/mol. The molecule has 6 aromatic carbocycles. The van der Waals surface area contributed by atoms with Crippen molar-refractivity contribution in [3.05, 3.63) is 167 Å². The Bertz CT molecular complexity index is 2350. The molecule has 0 aliphatic heterocycles. The second-order valence-corrected chi connectivity index (χ2v) is 13.8. The van der Waals surface area contributed by atoms with Gasteiger partial charge in [-0.2, -0.15) is 0 Å². The van der Waals surface area contributed by atoms with Crippen molar-refractivity contribution in [1.82, 2.24) is 0 Å². The van der Waals surface area contributed by atoms with Gasteiger partial charge in [-0.1, -0.05) is 145 Å². The van der Waals surface area contributed by atoms with Crippen molar-refractivity contribution in [2.45, 2.75) is 44.4 Å². The SMILES string of the molecule is C1=CC2=C(CC1)c1ccccc1C(CC1=CCC3CC3=C(c3ccc4ccc5c(-c6ccccc6)ccc6ccc3c4c65)C=C1)C2. The number of benzene rings is 6. The molecule has 2 unspecified atom stereocenters. The minimum atomic E-state index is 0.535. The second kappa shape index (κ2) is 10.3. The van der Waals surface area contributed by atoms with Crippen LogP contribution in [0.5, 0.6) is 0 Å². The molecule has 4 aliphatic carbocycles. The number of allylic oxidation sites excluding steroid dienone is 10. The smallest absolute Gasteiger partial charge is 0.00203 e. The number of hydrogen-bond donors (Lipinski definition) is 0. The highest BCUT2D eigenvalue weighted by molar-refractivity contribution is 6.27. The number of rotatable bonds is 4. The molecule has 4 aliphatic rings. The molecule has 2 atom stereocenters. The van der Waals surface area contributed by atoms with Crippen molar-refractivity contribution in [2.24, 2.45) is 5.92 Å². The lowest BCUT2D eigenvalue weighted by Crippen LogP contribution is -2.12. The Balaban J connectivity index is 1.05. The molecule has 46 heavy (non-hydrogen) atoms. The molecule has 0 heterocycles. The minimum absolute atomic E-state index is 0.535. The lowest BCUT2D eigenvalue weighted by atomic mass is 9.73. The minimum Gasteiger partial charge on any atom is -0.0839 e. The van der Waals surface area contributed by atoms with E-state index in [1.165, 1.54) is 85.0 Å². The molecule has 0 radical (unpaired) electrons. The van der Waals surface area contributed by atoms with E-state index < -0.39 is 0 Å². The highest BCUT2D eigenvalue weighted by Crippen LogP contribution is 2.51. The Morgan fingerprint density at radius 1 is 0.609 bits per heavy atom. The molecule has 1 fully saturated rings. The van der Waals surface area contributed by atoms with Gasteiger partial charge in [-0.3, -0.25) is 0 Å². The normalized spacial score (nSPS) is 20.5. The molecular formula is C46H36. The summed E-state index contributed by atoms with van der Waals surface area (Å²) >= 11 is 0. The van der Waals surface area contributed by atoms with Crippen LogP contribution in [-0.4, -0.2) is 0 Å². The lowest BCUT2D eigenvalue weighted by molar-refractivity contribution is 0.665. The predicted octanol–water partition coefficient (Wildman–Crippen LogP) is 12.6. The van der Waals surface area contributed by atoms with Crippen LogP contribution >= 0.6 is 0 Å². The third-order valence-corrected chi connectivity index (χ3v) is 11.3. The molecule has 10 rings (SSSR count). The van der Waals surface area contributed by atoms with Crippen LogP contribution in [0.15, 0.2) is 150 Å². The van der Waals surface area contributed by atoms with Crippen molar-refractivity contribution >= 4 is 43.5 Å². The average molecular weight is 589 g/mol. The molecule has 0 nitrogen and oxygen atoms in total. The monoisotopic (exact) mass is 588 g/mol. The van der Waals surface area contributed by atoms with Gasteiger partial charge in [0.15, 0.2) is 0 Å². The van der Waals surface area contributed by atoms with Crippen LogP contribution < -0.4 is 0 Å². The summed E-state index contributed by atoms with van der Waals surface area (Å²) in [6.07, 6.45) is 19.3. The zero-order valence-corrected chi connectivity index (χ0v) is 26.1. The molecule has 0 aromatic heterocycles. The van der Waals surface area contributed by atoms with Gasteiger partial charge < -0.3 is 0 Å². The lowest BCUT2D eigenvalue weighted by Gasteiger charge is -2.31. The first-order valence-corrected chi connectivity index (χ1v) is 17.1. The molecule has 220 valence electrons. The van der Waals surface area contributed by atoms with Crippen molar-refractivity contribution in [2.75, 3.05) is 0 Å². The summed E-state index contributed by atoms with van der Waals surface area (Å²) < 4.78 is 0. The molecule has 1 saturated carbocycles. The van der Waals surface area contributed by atoms with Crippen molar-refractivity contribution in [1.29, 1.82) is 0 Å². The van der Waals surface area contributed by atoms with E-state index in [2.05, 4.69) is 134 Å². The number of hydrogen-bond acceptors (Lipinski definition) is 0. The fraction of sp³-hybridized carbons (Fsp3) is 0.174. The standard InChI is InChI=1S/C46H36/c1-2-8-30(9-3-1)38-22-17-31-20-25-43-40(23-18-32-19-24-42(38)45(31)46(32)43)41-21-15-29(14-16-34-28-44(34)41)26-35-27-33-10-4-5-11-36(33)39-13-7-6-12-37(35)39/h1-4,6-10,12-15,17-25,34-35H,5,11,16,26-28H2. The van der Waals surface area contributed by atoms with Gasteiger partial charge in [-0.25, -0.2) is 0 Å². The quantitative estimate of drug-likeness (QED) is 0.180. The van der Waals surface area contributed by atoms with Crippen LogP contribution in [0.25, 0.3) is 54.6 Å². The van der Waals surface area contributed by atoms with Gasteiger partial charge in [0.2, 0.25) is 0 Å². The largest absolute Gasteiger partial charge is 0.0839 e. The average Bonchev–Trinajstić information content (AvgIpc) is 3.87. The summed E-state index contributed by atoms with van der Waals surface area (Å²) in [5.74, 6) is 1.21. The van der Waals surface area contributed by atoms with Crippen LogP contribution in [0, 0.1) is 5.92 Å². The Kier molecular flexibility index (Phi) is 5.88. The summed E-state index contributed by atoms with van der Waals surface area (Å²) in [6.45, 7) is 0. The Labute approximate surface area is 271 Å². The molecule has 6 aromatic rings. The van der Waals surface area contributed by atoms with Gasteiger partial charge in [-0.15, -0.1) is 0 Å². The van der Waals surface area contributed by atoms with E-state index in [0.29, 0.717) is 11.8 Å². The maximum Gasteiger partial charge on any atom is -0.00203 e. The van der Waals surface area contributed by atoms with Gasteiger partial charge in [0.1, 0.15) is 0 Å². The molecule has 0 saturated heterocycles. The van der Waals surface area contributed by atoms with Gasteiger partial charge in [0.25, 0.3) is 0 Å². The highest BCUT2D eigenvalue weighted by Gasteiger charge is 2.33. The van der Waals surface area contributed by atoms with Gasteiger partial charge in [0, 0.05) is 0 Å². The van der Waals surface area contributed by atoms with E-state index in [4.69, 9.17) is 0 Å². The Hall–Kier alpha value is -4.94. The highest BCUT2D eigenvalue weighted by atomic mass is 14.4. The van der Waals surface area contributed by atoms with Crippen molar-refractivity contribution < 1.29 is 0 Å². The fourth-order valence-electron chi connectivity index (χ4n) is 8.92. The second-order valence-electron chi connectivity index (χ2n) is 13.8. The zero-order valence-electron chi connectivity index (χ0n) is 26.1. The summed E-state index contributed by atoms with van der Waals surface area (Å²) in [7, 11) is 0. The van der Waals surface area contributed by atoms with E-state index in [1.54, 1.807) is 22.3 Å². The van der Waals surface area contributed by atoms with E-state index in [1.807, 2.05) is 0 Å². The van der Waals surface area contributed by atoms with Crippen LogP contribution in [0.3, 0.4) is 0 Å². The molecule has 0 amide bonds. The molecule has 0 bridgehead atoms. The van der Waals surface area contributed by atoms with E-state index in [9.17, 15) is 0 Å². The van der Waals surface area contributed by atoms with Crippen LogP contribution in [-0.2, 0) is 0 Å². The van der Waals surface area contributed by atoms with Crippen LogP contribution in [0.1, 0.15) is 61.1 Å². The molecule has 0 heteroatoms. The first kappa shape index (κ1) is 26.3. The summed E-state index contributed by atoms with van der Waals surface area (Å²) in [5, 5.41) is 8.19. The van der Waals surface area contributed by atoms with E-state index >= 15 is 0 Å². The zero-order chi connectivity index (χ0) is 30.2. The van der Waals surface area contributed by atoms with Gasteiger partial charge in [0.05, 0.1) is 0 Å². The summed E-state index contributed by atoms with van der Waals surface area (Å²) in [4.78, 5) is 0. The van der Waals surface area contributed by atoms with Crippen molar-refractivity contribution in [3.63, 3.8) is 0 Å². The maximum absolute atomic E-state index is 2.56. The summed E-state index contributed by atoms with van der Waals surface area (Å²) in [6, 6.07) is 38.9. The molecule has 0 N–H and O–H groups in total. The number of fused-ring (bicyclic) bond motifs is 3. The van der Waals surface area contributed by atoms with E-state index in [0.717, 1.165) is 19.3 Å². The Morgan fingerprint density at radius 2 is 1.35 bits per heavy atom. The van der Waals surface area contributed by atoms with Gasteiger partial charge in [-0.05, 0) is 127 Å². The van der Waals surface area contributed by atoms with E-state index in [-0.39, 0.29) is 0 Å². The topological polar surface area (TPSA) is 0 Å². The third-order valence-electron chi connectivity index (χ3n) is 11.3. The third kappa shape index (κ3) is 4.13.